The fourth-order valence-corrected chi connectivity index (χ4v) is 2.63. The molecule has 0 bridgehead atoms. The van der Waals surface area contributed by atoms with E-state index in [1.54, 1.807) is 0 Å². The van der Waals surface area contributed by atoms with Crippen molar-refractivity contribution in [3.8, 4) is 11.4 Å². The maximum absolute atomic E-state index is 6.22. The van der Waals surface area contributed by atoms with Crippen LogP contribution in [0.3, 0.4) is 0 Å². The molecule has 0 aliphatic heterocycles. The first-order valence-corrected chi connectivity index (χ1v) is 7.20. The van der Waals surface area contributed by atoms with E-state index in [0.717, 1.165) is 38.4 Å². The molecule has 1 heterocycles. The van der Waals surface area contributed by atoms with Crippen LogP contribution in [0.1, 0.15) is 11.1 Å². The molecule has 2 aromatic carbocycles. The fraction of sp³-hybridized carbons (Fsp3) is 0.176. The van der Waals surface area contributed by atoms with E-state index in [9.17, 15) is 0 Å². The van der Waals surface area contributed by atoms with Gasteiger partial charge in [-0.2, -0.15) is 0 Å². The Morgan fingerprint density at radius 2 is 1.76 bits per heavy atom. The van der Waals surface area contributed by atoms with Crippen molar-refractivity contribution in [3.63, 3.8) is 0 Å². The van der Waals surface area contributed by atoms with Gasteiger partial charge in [-0.25, -0.2) is 9.97 Å². The first-order chi connectivity index (χ1) is 10.1. The number of nitrogens with one attached hydrogen (secondary N) is 1. The number of fused-ring (bicyclic) bond motifs is 1. The number of anilines is 1. The Balaban J connectivity index is 2.34. The monoisotopic (exact) mass is 297 g/mol. The van der Waals surface area contributed by atoms with Crippen LogP contribution in [0.4, 0.5) is 5.82 Å². The largest absolute Gasteiger partial charge is 0.373 e. The van der Waals surface area contributed by atoms with Crippen LogP contribution in [0.25, 0.3) is 22.3 Å². The molecule has 0 atom stereocenters. The third-order valence-electron chi connectivity index (χ3n) is 3.67. The Labute approximate surface area is 129 Å². The summed E-state index contributed by atoms with van der Waals surface area (Å²) in [6.45, 7) is 4.05. The van der Waals surface area contributed by atoms with Gasteiger partial charge in [0.15, 0.2) is 5.82 Å². The Morgan fingerprint density at radius 3 is 2.52 bits per heavy atom. The van der Waals surface area contributed by atoms with Crippen LogP contribution in [0.15, 0.2) is 36.4 Å². The Hall–Kier alpha value is -2.13. The summed E-state index contributed by atoms with van der Waals surface area (Å²) in [6, 6.07) is 11.9. The average molecular weight is 298 g/mol. The number of hydrogen-bond donors (Lipinski definition) is 1. The molecule has 0 saturated heterocycles. The predicted molar refractivity (Wildman–Crippen MR) is 89.0 cm³/mol. The summed E-state index contributed by atoms with van der Waals surface area (Å²) in [7, 11) is 1.87. The number of aromatic nitrogens is 2. The van der Waals surface area contributed by atoms with Gasteiger partial charge >= 0.3 is 0 Å². The summed E-state index contributed by atoms with van der Waals surface area (Å²) in [6.07, 6.45) is 0. The first-order valence-electron chi connectivity index (χ1n) is 6.82. The number of para-hydroxylation sites is 1. The molecule has 1 aromatic heterocycles. The molecule has 106 valence electrons. The minimum atomic E-state index is 0.696. The van der Waals surface area contributed by atoms with Crippen molar-refractivity contribution >= 4 is 28.3 Å². The highest BCUT2D eigenvalue weighted by atomic mass is 35.5. The topological polar surface area (TPSA) is 37.8 Å². The molecule has 0 unspecified atom stereocenters. The summed E-state index contributed by atoms with van der Waals surface area (Å²) < 4.78 is 0. The molecule has 21 heavy (non-hydrogen) atoms. The zero-order valence-electron chi connectivity index (χ0n) is 12.2. The number of aryl methyl sites for hydroxylation is 1. The molecular weight excluding hydrogens is 282 g/mol. The van der Waals surface area contributed by atoms with E-state index in [1.807, 2.05) is 44.3 Å². The van der Waals surface area contributed by atoms with Crippen LogP contribution < -0.4 is 5.32 Å². The lowest BCUT2D eigenvalue weighted by Crippen LogP contribution is -2.00. The highest BCUT2D eigenvalue weighted by Crippen LogP contribution is 2.30. The van der Waals surface area contributed by atoms with E-state index in [2.05, 4.69) is 23.3 Å². The second-order valence-corrected chi connectivity index (χ2v) is 5.44. The minimum Gasteiger partial charge on any atom is -0.373 e. The van der Waals surface area contributed by atoms with Gasteiger partial charge in [-0.05, 0) is 37.1 Å². The minimum absolute atomic E-state index is 0.696. The quantitative estimate of drug-likeness (QED) is 0.750. The first kappa shape index (κ1) is 13.8. The van der Waals surface area contributed by atoms with Crippen molar-refractivity contribution in [3.05, 3.63) is 52.5 Å². The van der Waals surface area contributed by atoms with E-state index in [-0.39, 0.29) is 0 Å². The molecule has 0 aliphatic rings. The number of nitrogens with zero attached hydrogens (tertiary/aromatic N) is 2. The van der Waals surface area contributed by atoms with E-state index >= 15 is 0 Å². The van der Waals surface area contributed by atoms with Crippen LogP contribution in [0, 0.1) is 13.8 Å². The molecule has 3 rings (SSSR count). The molecule has 0 spiro atoms. The maximum atomic E-state index is 6.22. The summed E-state index contributed by atoms with van der Waals surface area (Å²) in [5.41, 5.74) is 4.05. The molecule has 0 saturated carbocycles. The van der Waals surface area contributed by atoms with Gasteiger partial charge in [-0.1, -0.05) is 35.9 Å². The van der Waals surface area contributed by atoms with E-state index < -0.39 is 0 Å². The number of halogens is 1. The normalized spacial score (nSPS) is 10.9. The van der Waals surface area contributed by atoms with Gasteiger partial charge in [0, 0.05) is 23.0 Å². The van der Waals surface area contributed by atoms with Gasteiger partial charge in [0.05, 0.1) is 5.52 Å². The number of benzene rings is 2. The van der Waals surface area contributed by atoms with Crippen molar-refractivity contribution in [2.75, 3.05) is 12.4 Å². The average Bonchev–Trinajstić information content (AvgIpc) is 2.49. The third kappa shape index (κ3) is 2.34. The summed E-state index contributed by atoms with van der Waals surface area (Å²) in [4.78, 5) is 9.40. The van der Waals surface area contributed by atoms with E-state index in [1.165, 1.54) is 0 Å². The second-order valence-electron chi connectivity index (χ2n) is 5.03. The number of rotatable bonds is 2. The van der Waals surface area contributed by atoms with Gasteiger partial charge in [-0.15, -0.1) is 0 Å². The van der Waals surface area contributed by atoms with Crippen molar-refractivity contribution < 1.29 is 0 Å². The Kier molecular flexibility index (Phi) is 3.52. The van der Waals surface area contributed by atoms with Gasteiger partial charge in [0.1, 0.15) is 5.82 Å². The maximum Gasteiger partial charge on any atom is 0.162 e. The lowest BCUT2D eigenvalue weighted by molar-refractivity contribution is 1.19. The van der Waals surface area contributed by atoms with Crippen LogP contribution in [0.2, 0.25) is 5.02 Å². The predicted octanol–water partition coefficient (Wildman–Crippen LogP) is 4.61. The molecule has 0 aliphatic carbocycles. The molecular formula is C17H16ClN3. The highest BCUT2D eigenvalue weighted by molar-refractivity contribution is 6.31. The Bertz CT molecular complexity index is 828. The smallest absolute Gasteiger partial charge is 0.162 e. The molecule has 1 N–H and O–H groups in total. The van der Waals surface area contributed by atoms with Crippen LogP contribution in [0.5, 0.6) is 0 Å². The SMILES string of the molecule is CNc1nc(-c2cccc(Cl)c2C)nc2c(C)cccc12. The van der Waals surface area contributed by atoms with Gasteiger partial charge < -0.3 is 5.32 Å². The van der Waals surface area contributed by atoms with E-state index in [4.69, 9.17) is 16.6 Å². The molecule has 3 aromatic rings. The second kappa shape index (κ2) is 5.34. The van der Waals surface area contributed by atoms with Crippen molar-refractivity contribution in [2.45, 2.75) is 13.8 Å². The number of hydrogen-bond acceptors (Lipinski definition) is 3. The van der Waals surface area contributed by atoms with Gasteiger partial charge in [0.2, 0.25) is 0 Å². The van der Waals surface area contributed by atoms with Crippen molar-refractivity contribution in [1.82, 2.24) is 9.97 Å². The summed E-state index contributed by atoms with van der Waals surface area (Å²) in [5.74, 6) is 1.53. The van der Waals surface area contributed by atoms with Crippen molar-refractivity contribution in [2.24, 2.45) is 0 Å². The zero-order chi connectivity index (χ0) is 15.0. The van der Waals surface area contributed by atoms with Crippen LogP contribution in [-0.2, 0) is 0 Å². The van der Waals surface area contributed by atoms with Gasteiger partial charge in [0.25, 0.3) is 0 Å². The van der Waals surface area contributed by atoms with Gasteiger partial charge in [-0.3, -0.25) is 0 Å². The van der Waals surface area contributed by atoms with E-state index in [0.29, 0.717) is 5.82 Å². The molecule has 0 fully saturated rings. The van der Waals surface area contributed by atoms with Crippen LogP contribution in [-0.4, -0.2) is 17.0 Å². The summed E-state index contributed by atoms with van der Waals surface area (Å²) >= 11 is 6.22. The van der Waals surface area contributed by atoms with Crippen LogP contribution >= 0.6 is 11.6 Å². The molecule has 0 radical (unpaired) electrons. The molecule has 3 nitrogen and oxygen atoms in total. The summed E-state index contributed by atoms with van der Waals surface area (Å²) in [5, 5.41) is 4.91. The third-order valence-corrected chi connectivity index (χ3v) is 4.08. The highest BCUT2D eigenvalue weighted by Gasteiger charge is 2.12. The lowest BCUT2D eigenvalue weighted by Gasteiger charge is -2.11. The molecule has 0 amide bonds. The fourth-order valence-electron chi connectivity index (χ4n) is 2.46. The lowest BCUT2D eigenvalue weighted by atomic mass is 10.1. The molecule has 4 heteroatoms. The Morgan fingerprint density at radius 1 is 1.00 bits per heavy atom. The zero-order valence-corrected chi connectivity index (χ0v) is 13.0. The van der Waals surface area contributed by atoms with Crippen molar-refractivity contribution in [1.29, 1.82) is 0 Å². The standard InChI is InChI=1S/C17H16ClN3/c1-10-6-4-8-13-15(10)20-17(21-16(13)19-3)12-7-5-9-14(18)11(12)2/h4-9H,1-3H3,(H,19,20,21).